The topological polar surface area (TPSA) is 39.2 Å². The summed E-state index contributed by atoms with van der Waals surface area (Å²) in [6, 6.07) is 5.37. The lowest BCUT2D eigenvalue weighted by atomic mass is 10.0. The number of aryl methyl sites for hydroxylation is 1. The number of carbonyl (C=O) groups excluding carboxylic acids is 1. The molecular formula is C14H12ClNO2. The van der Waals surface area contributed by atoms with Crippen LogP contribution >= 0.6 is 11.6 Å². The highest BCUT2D eigenvalue weighted by Gasteiger charge is 2.12. The lowest BCUT2D eigenvalue weighted by Gasteiger charge is -2.08. The molecule has 0 aliphatic rings. The van der Waals surface area contributed by atoms with Gasteiger partial charge in [0.25, 0.3) is 0 Å². The van der Waals surface area contributed by atoms with Crippen molar-refractivity contribution in [1.29, 1.82) is 0 Å². The molecule has 0 fully saturated rings. The van der Waals surface area contributed by atoms with Gasteiger partial charge in [-0.1, -0.05) is 18.2 Å². The average Bonchev–Trinajstić information content (AvgIpc) is 2.38. The van der Waals surface area contributed by atoms with Crippen LogP contribution in [0.3, 0.4) is 0 Å². The number of pyridine rings is 1. The summed E-state index contributed by atoms with van der Waals surface area (Å²) in [4.78, 5) is 15.8. The van der Waals surface area contributed by atoms with E-state index in [2.05, 4.69) is 16.3 Å². The second-order valence-electron chi connectivity index (χ2n) is 3.95. The van der Waals surface area contributed by atoms with E-state index in [-0.39, 0.29) is 0 Å². The van der Waals surface area contributed by atoms with Crippen LogP contribution in [-0.4, -0.2) is 18.1 Å². The number of carbonyl (C=O) groups is 1. The number of aromatic nitrogens is 1. The Bertz CT molecular complexity index is 650. The monoisotopic (exact) mass is 261 g/mol. The normalized spacial score (nSPS) is 10.4. The zero-order chi connectivity index (χ0) is 13.3. The Labute approximate surface area is 110 Å². The van der Waals surface area contributed by atoms with Crippen LogP contribution in [0.4, 0.5) is 0 Å². The van der Waals surface area contributed by atoms with Gasteiger partial charge in [-0.25, -0.2) is 4.79 Å². The molecule has 1 heterocycles. The van der Waals surface area contributed by atoms with Crippen molar-refractivity contribution in [2.45, 2.75) is 6.92 Å². The van der Waals surface area contributed by atoms with Gasteiger partial charge in [0.2, 0.25) is 0 Å². The van der Waals surface area contributed by atoms with E-state index < -0.39 is 5.97 Å². The molecule has 0 aliphatic carbocycles. The number of benzene rings is 1. The van der Waals surface area contributed by atoms with Crippen molar-refractivity contribution in [2.24, 2.45) is 0 Å². The molecule has 18 heavy (non-hydrogen) atoms. The first kappa shape index (κ1) is 12.6. The first-order chi connectivity index (χ1) is 8.54. The van der Waals surface area contributed by atoms with E-state index in [9.17, 15) is 4.79 Å². The minimum atomic E-state index is -0.450. The van der Waals surface area contributed by atoms with Crippen molar-refractivity contribution in [1.82, 2.24) is 4.98 Å². The number of hydrogen-bond acceptors (Lipinski definition) is 3. The van der Waals surface area contributed by atoms with Gasteiger partial charge in [-0.05, 0) is 36.2 Å². The second kappa shape index (κ2) is 4.78. The summed E-state index contributed by atoms with van der Waals surface area (Å²) in [6.07, 6.45) is 1.66. The molecule has 0 saturated carbocycles. The summed E-state index contributed by atoms with van der Waals surface area (Å²) in [5.41, 5.74) is 2.77. The van der Waals surface area contributed by atoms with E-state index in [1.807, 2.05) is 13.0 Å². The van der Waals surface area contributed by atoms with Crippen molar-refractivity contribution in [3.63, 3.8) is 0 Å². The first-order valence-electron chi connectivity index (χ1n) is 5.37. The summed E-state index contributed by atoms with van der Waals surface area (Å²) in [5, 5.41) is 1.40. The molecular weight excluding hydrogens is 250 g/mol. The highest BCUT2D eigenvalue weighted by Crippen LogP contribution is 2.28. The lowest BCUT2D eigenvalue weighted by molar-refractivity contribution is -0.133. The fourth-order valence-corrected chi connectivity index (χ4v) is 2.02. The van der Waals surface area contributed by atoms with E-state index >= 15 is 0 Å². The molecule has 0 unspecified atom stereocenters. The van der Waals surface area contributed by atoms with E-state index in [4.69, 9.17) is 11.6 Å². The maximum Gasteiger partial charge on any atom is 0.337 e. The average molecular weight is 262 g/mol. The predicted molar refractivity (Wildman–Crippen MR) is 72.5 cm³/mol. The van der Waals surface area contributed by atoms with Crippen LogP contribution in [0.15, 0.2) is 31.0 Å². The van der Waals surface area contributed by atoms with Crippen LogP contribution in [0.5, 0.6) is 0 Å². The Balaban J connectivity index is 2.65. The number of methoxy groups -OCH3 is 1. The third-order valence-electron chi connectivity index (χ3n) is 2.76. The number of rotatable bonds is 2. The third kappa shape index (κ3) is 2.09. The maximum atomic E-state index is 11.5. The molecule has 3 nitrogen and oxygen atoms in total. The van der Waals surface area contributed by atoms with Crippen LogP contribution in [0.2, 0.25) is 5.02 Å². The van der Waals surface area contributed by atoms with Crippen LogP contribution < -0.4 is 0 Å². The Morgan fingerprint density at radius 1 is 1.44 bits per heavy atom. The molecule has 0 atom stereocenters. The molecule has 0 spiro atoms. The molecule has 0 aliphatic heterocycles. The zero-order valence-electron chi connectivity index (χ0n) is 10.2. The SMILES string of the molecule is C=C(C(=O)OC)c1cc(C)c2nccc(Cl)c2c1. The molecule has 0 N–H and O–H groups in total. The first-order valence-corrected chi connectivity index (χ1v) is 5.75. The summed E-state index contributed by atoms with van der Waals surface area (Å²) in [7, 11) is 1.33. The van der Waals surface area contributed by atoms with E-state index in [1.165, 1.54) is 7.11 Å². The number of halogens is 1. The Hall–Kier alpha value is -1.87. The molecule has 0 amide bonds. The highest BCUT2D eigenvalue weighted by molar-refractivity contribution is 6.35. The van der Waals surface area contributed by atoms with E-state index in [0.717, 1.165) is 16.5 Å². The van der Waals surface area contributed by atoms with Gasteiger partial charge in [-0.3, -0.25) is 4.98 Å². The van der Waals surface area contributed by atoms with Gasteiger partial charge in [-0.2, -0.15) is 0 Å². The number of fused-ring (bicyclic) bond motifs is 1. The van der Waals surface area contributed by atoms with Gasteiger partial charge in [0.05, 0.1) is 23.2 Å². The van der Waals surface area contributed by atoms with Crippen LogP contribution in [-0.2, 0) is 9.53 Å². The molecule has 92 valence electrons. The molecule has 0 radical (unpaired) electrons. The Morgan fingerprint density at radius 3 is 2.83 bits per heavy atom. The Kier molecular flexibility index (Phi) is 3.34. The highest BCUT2D eigenvalue weighted by atomic mass is 35.5. The molecule has 0 saturated heterocycles. The minimum absolute atomic E-state index is 0.308. The summed E-state index contributed by atoms with van der Waals surface area (Å²) in [6.45, 7) is 5.65. The number of nitrogens with zero attached hydrogens (tertiary/aromatic N) is 1. The number of ether oxygens (including phenoxy) is 1. The van der Waals surface area contributed by atoms with Gasteiger partial charge in [0, 0.05) is 11.6 Å². The minimum Gasteiger partial charge on any atom is -0.465 e. The fraction of sp³-hybridized carbons (Fsp3) is 0.143. The molecule has 2 aromatic rings. The van der Waals surface area contributed by atoms with Crippen LogP contribution in [0, 0.1) is 6.92 Å². The van der Waals surface area contributed by atoms with Crippen molar-refractivity contribution in [3.8, 4) is 0 Å². The lowest BCUT2D eigenvalue weighted by Crippen LogP contribution is -2.03. The van der Waals surface area contributed by atoms with Crippen molar-refractivity contribution < 1.29 is 9.53 Å². The summed E-state index contributed by atoms with van der Waals surface area (Å²) >= 11 is 6.13. The van der Waals surface area contributed by atoms with Gasteiger partial charge in [-0.15, -0.1) is 0 Å². The van der Waals surface area contributed by atoms with Crippen molar-refractivity contribution in [3.05, 3.63) is 47.1 Å². The van der Waals surface area contributed by atoms with E-state index in [1.54, 1.807) is 18.3 Å². The van der Waals surface area contributed by atoms with Crippen molar-refractivity contribution >= 4 is 34.0 Å². The number of hydrogen-bond donors (Lipinski definition) is 0. The third-order valence-corrected chi connectivity index (χ3v) is 3.09. The largest absolute Gasteiger partial charge is 0.465 e. The molecule has 4 heteroatoms. The van der Waals surface area contributed by atoms with Crippen LogP contribution in [0.1, 0.15) is 11.1 Å². The van der Waals surface area contributed by atoms with Gasteiger partial charge in [0.1, 0.15) is 0 Å². The fourth-order valence-electron chi connectivity index (χ4n) is 1.82. The summed E-state index contributed by atoms with van der Waals surface area (Å²) < 4.78 is 4.66. The van der Waals surface area contributed by atoms with Crippen molar-refractivity contribution in [2.75, 3.05) is 7.11 Å². The molecule has 2 rings (SSSR count). The maximum absolute atomic E-state index is 11.5. The molecule has 1 aromatic heterocycles. The zero-order valence-corrected chi connectivity index (χ0v) is 10.9. The van der Waals surface area contributed by atoms with E-state index in [0.29, 0.717) is 16.2 Å². The number of esters is 1. The summed E-state index contributed by atoms with van der Waals surface area (Å²) in [5.74, 6) is -0.450. The molecule has 0 bridgehead atoms. The smallest absolute Gasteiger partial charge is 0.337 e. The second-order valence-corrected chi connectivity index (χ2v) is 4.36. The van der Waals surface area contributed by atoms with Gasteiger partial charge >= 0.3 is 5.97 Å². The Morgan fingerprint density at radius 2 is 2.17 bits per heavy atom. The van der Waals surface area contributed by atoms with Gasteiger partial charge < -0.3 is 4.74 Å². The van der Waals surface area contributed by atoms with Crippen LogP contribution in [0.25, 0.3) is 16.5 Å². The quantitative estimate of drug-likeness (QED) is 0.614. The molecule has 1 aromatic carbocycles. The predicted octanol–water partition coefficient (Wildman–Crippen LogP) is 3.38. The van der Waals surface area contributed by atoms with Gasteiger partial charge in [0.15, 0.2) is 0 Å². The standard InChI is InChI=1S/C14H12ClNO2/c1-8-6-10(9(2)14(17)18-3)7-11-12(15)4-5-16-13(8)11/h4-7H,2H2,1,3H3.